The van der Waals surface area contributed by atoms with E-state index in [9.17, 15) is 14.0 Å². The zero-order valence-corrected chi connectivity index (χ0v) is 16.5. The summed E-state index contributed by atoms with van der Waals surface area (Å²) in [6.07, 6.45) is 3.69. The molecule has 1 aliphatic rings. The molecule has 2 aromatic heterocycles. The molecular weight excluding hydrogens is 389 g/mol. The van der Waals surface area contributed by atoms with E-state index in [0.717, 1.165) is 5.56 Å². The van der Waals surface area contributed by atoms with Gasteiger partial charge < -0.3 is 10.2 Å². The predicted molar refractivity (Wildman–Crippen MR) is 105 cm³/mol. The zero-order valence-electron chi connectivity index (χ0n) is 16.5. The Balaban J connectivity index is 1.39. The molecule has 1 N–H and O–H groups in total. The second-order valence-corrected chi connectivity index (χ2v) is 7.34. The fourth-order valence-electron chi connectivity index (χ4n) is 3.56. The quantitative estimate of drug-likeness (QED) is 0.657. The predicted octanol–water partition coefficient (Wildman–Crippen LogP) is 1.19. The van der Waals surface area contributed by atoms with Crippen LogP contribution in [0.25, 0.3) is 0 Å². The van der Waals surface area contributed by atoms with E-state index in [1.807, 2.05) is 30.3 Å². The van der Waals surface area contributed by atoms with Crippen molar-refractivity contribution in [3.05, 3.63) is 65.7 Å². The third-order valence-electron chi connectivity index (χ3n) is 5.04. The highest BCUT2D eigenvalue weighted by Crippen LogP contribution is 2.24. The maximum Gasteiger partial charge on any atom is 0.273 e. The number of hydrogen-bond acceptors (Lipinski definition) is 5. The SMILES string of the molecule is Cn1cc(C(=O)N2CC(F)CC2Cn2cc(C(=O)NCc3ccccc3)nn2)cn1. The molecule has 1 saturated heterocycles. The van der Waals surface area contributed by atoms with Gasteiger partial charge in [-0.3, -0.25) is 14.3 Å². The van der Waals surface area contributed by atoms with Gasteiger partial charge in [0.2, 0.25) is 0 Å². The van der Waals surface area contributed by atoms with Crippen molar-refractivity contribution in [3.63, 3.8) is 0 Å². The molecule has 4 rings (SSSR count). The van der Waals surface area contributed by atoms with Crippen LogP contribution in [0.4, 0.5) is 4.39 Å². The molecule has 0 radical (unpaired) electrons. The second-order valence-electron chi connectivity index (χ2n) is 7.34. The van der Waals surface area contributed by atoms with Crippen molar-refractivity contribution in [3.8, 4) is 0 Å². The lowest BCUT2D eigenvalue weighted by Crippen LogP contribution is -2.38. The molecule has 0 spiro atoms. The van der Waals surface area contributed by atoms with Gasteiger partial charge in [0.25, 0.3) is 11.8 Å². The summed E-state index contributed by atoms with van der Waals surface area (Å²) in [6, 6.07) is 9.16. The summed E-state index contributed by atoms with van der Waals surface area (Å²) in [6.45, 7) is 0.662. The molecule has 2 amide bonds. The number of hydrogen-bond donors (Lipinski definition) is 1. The summed E-state index contributed by atoms with van der Waals surface area (Å²) in [5.41, 5.74) is 1.56. The maximum atomic E-state index is 14.1. The summed E-state index contributed by atoms with van der Waals surface area (Å²) in [5.74, 6) is -0.614. The first-order valence-electron chi connectivity index (χ1n) is 9.65. The Morgan fingerprint density at radius 3 is 2.77 bits per heavy atom. The molecule has 2 unspecified atom stereocenters. The first-order valence-corrected chi connectivity index (χ1v) is 9.65. The highest BCUT2D eigenvalue weighted by molar-refractivity contribution is 5.94. The second kappa shape index (κ2) is 8.44. The van der Waals surface area contributed by atoms with Gasteiger partial charge in [-0.25, -0.2) is 9.07 Å². The summed E-state index contributed by atoms with van der Waals surface area (Å²) in [5, 5.41) is 14.7. The van der Waals surface area contributed by atoms with Gasteiger partial charge in [-0.1, -0.05) is 35.5 Å². The fraction of sp³-hybridized carbons (Fsp3) is 0.350. The number of rotatable bonds is 6. The number of nitrogens with one attached hydrogen (secondary N) is 1. The molecular formula is C20H22FN7O2. The molecule has 3 heterocycles. The summed E-state index contributed by atoms with van der Waals surface area (Å²) in [7, 11) is 1.72. The molecule has 0 saturated carbocycles. The van der Waals surface area contributed by atoms with Crippen LogP contribution >= 0.6 is 0 Å². The summed E-state index contributed by atoms with van der Waals surface area (Å²) in [4.78, 5) is 26.6. The van der Waals surface area contributed by atoms with Crippen molar-refractivity contribution in [2.75, 3.05) is 6.54 Å². The Hall–Kier alpha value is -3.56. The van der Waals surface area contributed by atoms with Crippen LogP contribution in [0.2, 0.25) is 0 Å². The van der Waals surface area contributed by atoms with Gasteiger partial charge in [0.05, 0.1) is 37.1 Å². The number of nitrogens with zero attached hydrogens (tertiary/aromatic N) is 6. The minimum Gasteiger partial charge on any atom is -0.347 e. The number of amides is 2. The van der Waals surface area contributed by atoms with Gasteiger partial charge in [-0.2, -0.15) is 5.10 Å². The van der Waals surface area contributed by atoms with E-state index in [-0.39, 0.29) is 43.1 Å². The topological polar surface area (TPSA) is 97.9 Å². The van der Waals surface area contributed by atoms with Gasteiger partial charge in [0, 0.05) is 26.2 Å². The van der Waals surface area contributed by atoms with Crippen LogP contribution in [0.5, 0.6) is 0 Å². The summed E-state index contributed by atoms with van der Waals surface area (Å²) < 4.78 is 17.1. The molecule has 1 fully saturated rings. The van der Waals surface area contributed by atoms with E-state index in [4.69, 9.17) is 0 Å². The van der Waals surface area contributed by atoms with Gasteiger partial charge in [0.15, 0.2) is 5.69 Å². The highest BCUT2D eigenvalue weighted by Gasteiger charge is 2.36. The maximum absolute atomic E-state index is 14.1. The van der Waals surface area contributed by atoms with Crippen LogP contribution in [0.3, 0.4) is 0 Å². The molecule has 1 aliphatic heterocycles. The van der Waals surface area contributed by atoms with Crippen LogP contribution in [0, 0.1) is 0 Å². The van der Waals surface area contributed by atoms with Crippen molar-refractivity contribution in [1.29, 1.82) is 0 Å². The van der Waals surface area contributed by atoms with Crippen LogP contribution in [0.1, 0.15) is 32.8 Å². The number of likely N-dealkylation sites (tertiary alicyclic amines) is 1. The first kappa shape index (κ1) is 19.7. The molecule has 156 valence electrons. The molecule has 10 heteroatoms. The van der Waals surface area contributed by atoms with Crippen LogP contribution in [-0.4, -0.2) is 60.2 Å². The van der Waals surface area contributed by atoms with Gasteiger partial charge in [-0.05, 0) is 5.56 Å². The lowest BCUT2D eigenvalue weighted by Gasteiger charge is -2.23. The van der Waals surface area contributed by atoms with E-state index in [2.05, 4.69) is 20.7 Å². The number of aromatic nitrogens is 5. The van der Waals surface area contributed by atoms with Crippen molar-refractivity contribution < 1.29 is 14.0 Å². The molecule has 2 atom stereocenters. The van der Waals surface area contributed by atoms with E-state index < -0.39 is 6.17 Å². The van der Waals surface area contributed by atoms with E-state index >= 15 is 0 Å². The Kier molecular flexibility index (Phi) is 5.55. The lowest BCUT2D eigenvalue weighted by atomic mass is 10.2. The minimum absolute atomic E-state index is 0.0253. The van der Waals surface area contributed by atoms with Gasteiger partial charge >= 0.3 is 0 Å². The van der Waals surface area contributed by atoms with E-state index in [1.165, 1.54) is 26.7 Å². The van der Waals surface area contributed by atoms with Gasteiger partial charge in [-0.15, -0.1) is 5.10 Å². The van der Waals surface area contributed by atoms with E-state index in [0.29, 0.717) is 12.1 Å². The Bertz CT molecular complexity index is 1030. The van der Waals surface area contributed by atoms with Crippen molar-refractivity contribution in [1.82, 2.24) is 35.0 Å². The highest BCUT2D eigenvalue weighted by atomic mass is 19.1. The number of carbonyl (C=O) groups excluding carboxylic acids is 2. The first-order chi connectivity index (χ1) is 14.5. The third-order valence-corrected chi connectivity index (χ3v) is 5.04. The average molecular weight is 411 g/mol. The van der Waals surface area contributed by atoms with Crippen LogP contribution in [0.15, 0.2) is 48.9 Å². The van der Waals surface area contributed by atoms with Crippen molar-refractivity contribution >= 4 is 11.8 Å². The van der Waals surface area contributed by atoms with Crippen LogP contribution < -0.4 is 5.32 Å². The van der Waals surface area contributed by atoms with Crippen molar-refractivity contribution in [2.45, 2.75) is 31.7 Å². The lowest BCUT2D eigenvalue weighted by molar-refractivity contribution is 0.0714. The molecule has 3 aromatic rings. The van der Waals surface area contributed by atoms with E-state index in [1.54, 1.807) is 13.2 Å². The number of alkyl halides is 1. The largest absolute Gasteiger partial charge is 0.347 e. The third kappa shape index (κ3) is 4.37. The normalized spacial score (nSPS) is 18.5. The van der Waals surface area contributed by atoms with Crippen molar-refractivity contribution in [2.24, 2.45) is 7.05 Å². The zero-order chi connectivity index (χ0) is 21.1. The molecule has 0 aliphatic carbocycles. The van der Waals surface area contributed by atoms with Gasteiger partial charge in [0.1, 0.15) is 6.17 Å². The number of carbonyl (C=O) groups is 2. The number of halogens is 1. The standard InChI is InChI=1S/C20H22FN7O2/c1-26-10-15(9-23-26)20(30)28-11-16(21)7-17(28)12-27-13-18(24-25-27)19(29)22-8-14-5-3-2-4-6-14/h2-6,9-10,13,16-17H,7-8,11-12H2,1H3,(H,22,29). The average Bonchev–Trinajstić information content (AvgIpc) is 3.47. The number of aryl methyl sites for hydroxylation is 1. The summed E-state index contributed by atoms with van der Waals surface area (Å²) >= 11 is 0. The minimum atomic E-state index is -1.10. The fourth-order valence-corrected chi connectivity index (χ4v) is 3.56. The monoisotopic (exact) mass is 411 g/mol. The number of benzene rings is 1. The molecule has 30 heavy (non-hydrogen) atoms. The smallest absolute Gasteiger partial charge is 0.273 e. The molecule has 0 bridgehead atoms. The Morgan fingerprint density at radius 2 is 2.03 bits per heavy atom. The Labute approximate surface area is 172 Å². The molecule has 9 nitrogen and oxygen atoms in total. The van der Waals surface area contributed by atoms with Crippen LogP contribution in [-0.2, 0) is 20.1 Å². The molecule has 1 aromatic carbocycles. The Morgan fingerprint density at radius 1 is 1.23 bits per heavy atom.